The average Bonchev–Trinajstić information content (AvgIpc) is 2.66. The quantitative estimate of drug-likeness (QED) is 0.505. The molecule has 0 bridgehead atoms. The van der Waals surface area contributed by atoms with Gasteiger partial charge in [0, 0.05) is 18.7 Å². The number of benzene rings is 1. The van der Waals surface area contributed by atoms with Crippen LogP contribution in [-0.2, 0) is 33.0 Å². The van der Waals surface area contributed by atoms with Crippen LogP contribution in [0.2, 0.25) is 0 Å². The number of aryl methyl sites for hydroxylation is 1. The molecule has 3 N–H and O–H groups in total. The lowest BCUT2D eigenvalue weighted by Crippen LogP contribution is -2.35. The fourth-order valence-electron chi connectivity index (χ4n) is 3.59. The van der Waals surface area contributed by atoms with E-state index in [0.717, 1.165) is 12.3 Å². The molecular weight excluding hydrogens is 506 g/mol. The smallest absolute Gasteiger partial charge is 0.286 e. The Morgan fingerprint density at radius 2 is 1.75 bits per heavy atom. The van der Waals surface area contributed by atoms with E-state index in [4.69, 9.17) is 0 Å². The summed E-state index contributed by atoms with van der Waals surface area (Å²) < 4.78 is 56.4. The van der Waals surface area contributed by atoms with Gasteiger partial charge in [-0.25, -0.2) is 13.1 Å². The van der Waals surface area contributed by atoms with Crippen molar-refractivity contribution in [2.24, 2.45) is 15.2 Å². The number of fused-ring (bicyclic) bond motifs is 1. The van der Waals surface area contributed by atoms with Crippen LogP contribution in [0.3, 0.4) is 0 Å². The lowest BCUT2D eigenvalue weighted by Gasteiger charge is -2.24. The van der Waals surface area contributed by atoms with Crippen molar-refractivity contribution in [3.63, 3.8) is 0 Å². The van der Waals surface area contributed by atoms with E-state index in [0.29, 0.717) is 12.8 Å². The summed E-state index contributed by atoms with van der Waals surface area (Å²) in [5.41, 5.74) is -0.939. The van der Waals surface area contributed by atoms with Gasteiger partial charge in [0.1, 0.15) is 16.2 Å². The summed E-state index contributed by atoms with van der Waals surface area (Å²) in [4.78, 5) is 13.1. The Kier molecular flexibility index (Phi) is 7.05. The SMILES string of the molecule is CC(C)(C)CCn1nc(CC(C)(C)C)c(O)c(C2=NS(=O)(=O)c3cc(NS(C)(=O)=O)ccc3N2)c1=O. The predicted octanol–water partition coefficient (Wildman–Crippen LogP) is 2.91. The molecule has 1 aromatic carbocycles. The predicted molar refractivity (Wildman–Crippen MR) is 140 cm³/mol. The van der Waals surface area contributed by atoms with Crippen LogP contribution in [0.15, 0.2) is 32.3 Å². The Bertz CT molecular complexity index is 1500. The summed E-state index contributed by atoms with van der Waals surface area (Å²) in [6, 6.07) is 3.88. The van der Waals surface area contributed by atoms with Gasteiger partial charge in [-0.15, -0.1) is 4.40 Å². The van der Waals surface area contributed by atoms with Crippen LogP contribution >= 0.6 is 0 Å². The number of aromatic nitrogens is 2. The minimum Gasteiger partial charge on any atom is -0.505 e. The summed E-state index contributed by atoms with van der Waals surface area (Å²) >= 11 is 0. The van der Waals surface area contributed by atoms with Crippen LogP contribution < -0.4 is 15.6 Å². The van der Waals surface area contributed by atoms with Crippen LogP contribution in [0.1, 0.15) is 59.2 Å². The third-order valence-corrected chi connectivity index (χ3v) is 7.16. The molecule has 11 nitrogen and oxygen atoms in total. The molecule has 3 rings (SSSR count). The Labute approximate surface area is 211 Å². The number of anilines is 2. The molecule has 0 fully saturated rings. The second-order valence-corrected chi connectivity index (χ2v) is 14.7. The van der Waals surface area contributed by atoms with Gasteiger partial charge in [-0.2, -0.15) is 13.5 Å². The monoisotopic (exact) mass is 539 g/mol. The molecule has 36 heavy (non-hydrogen) atoms. The molecular formula is C23H33N5O6S2. The summed E-state index contributed by atoms with van der Waals surface area (Å²) in [7, 11) is -7.97. The first-order valence-electron chi connectivity index (χ1n) is 11.3. The van der Waals surface area contributed by atoms with Crippen molar-refractivity contribution in [1.82, 2.24) is 9.78 Å². The fourth-order valence-corrected chi connectivity index (χ4v) is 5.29. The molecule has 1 aliphatic heterocycles. The van der Waals surface area contributed by atoms with E-state index in [1.165, 1.54) is 16.8 Å². The molecule has 13 heteroatoms. The minimum absolute atomic E-state index is 0.0454. The second-order valence-electron chi connectivity index (χ2n) is 11.4. The summed E-state index contributed by atoms with van der Waals surface area (Å²) in [6.45, 7) is 12.2. The van der Waals surface area contributed by atoms with Crippen LogP contribution in [-0.4, -0.2) is 43.8 Å². The normalized spacial score (nSPS) is 15.6. The average molecular weight is 540 g/mol. The maximum atomic E-state index is 13.4. The van der Waals surface area contributed by atoms with E-state index < -0.39 is 31.4 Å². The first kappa shape index (κ1) is 27.7. The Morgan fingerprint density at radius 3 is 2.31 bits per heavy atom. The van der Waals surface area contributed by atoms with Gasteiger partial charge in [0.25, 0.3) is 15.6 Å². The van der Waals surface area contributed by atoms with Crippen molar-refractivity contribution in [1.29, 1.82) is 0 Å². The van der Waals surface area contributed by atoms with E-state index >= 15 is 0 Å². The van der Waals surface area contributed by atoms with Crippen molar-refractivity contribution in [2.75, 3.05) is 16.3 Å². The molecule has 2 heterocycles. The molecule has 2 aromatic rings. The number of amidine groups is 1. The Hall–Kier alpha value is -2.93. The maximum Gasteiger partial charge on any atom is 0.286 e. The molecule has 1 aromatic heterocycles. The first-order valence-corrected chi connectivity index (χ1v) is 14.7. The highest BCUT2D eigenvalue weighted by molar-refractivity contribution is 7.92. The van der Waals surface area contributed by atoms with Crippen LogP contribution in [0.4, 0.5) is 11.4 Å². The number of hydrogen-bond acceptors (Lipinski definition) is 8. The zero-order chi connectivity index (χ0) is 27.3. The highest BCUT2D eigenvalue weighted by Crippen LogP contribution is 2.33. The van der Waals surface area contributed by atoms with E-state index in [2.05, 4.69) is 19.5 Å². The van der Waals surface area contributed by atoms with Gasteiger partial charge in [-0.1, -0.05) is 41.5 Å². The number of nitrogens with one attached hydrogen (secondary N) is 2. The summed E-state index contributed by atoms with van der Waals surface area (Å²) in [5, 5.41) is 18.3. The van der Waals surface area contributed by atoms with Crippen LogP contribution in [0.5, 0.6) is 5.75 Å². The van der Waals surface area contributed by atoms with Crippen molar-refractivity contribution in [2.45, 2.75) is 65.8 Å². The van der Waals surface area contributed by atoms with Crippen molar-refractivity contribution < 1.29 is 21.9 Å². The third kappa shape index (κ3) is 6.64. The molecule has 0 spiro atoms. The summed E-state index contributed by atoms with van der Waals surface area (Å²) in [5.74, 6) is -0.752. The van der Waals surface area contributed by atoms with Gasteiger partial charge in [0.2, 0.25) is 10.0 Å². The lowest BCUT2D eigenvalue weighted by atomic mass is 9.89. The van der Waals surface area contributed by atoms with E-state index in [1.54, 1.807) is 0 Å². The molecule has 0 unspecified atom stereocenters. The zero-order valence-electron chi connectivity index (χ0n) is 21.5. The van der Waals surface area contributed by atoms with Gasteiger partial charge < -0.3 is 10.4 Å². The number of nitrogens with zero attached hydrogens (tertiary/aromatic N) is 3. The van der Waals surface area contributed by atoms with Crippen molar-refractivity contribution in [3.8, 4) is 5.75 Å². The standard InChI is InChI=1S/C23H33N5O6S2/c1-22(2,3)10-11-28-21(30)18(19(29)16(25-28)13-23(4,5)6)20-24-15-9-8-14(26-35(7,31)32)12-17(15)36(33,34)27-20/h8-9,12,26,29H,10-11,13H2,1-7H3,(H,24,27). The molecule has 0 radical (unpaired) electrons. The van der Waals surface area contributed by atoms with Gasteiger partial charge in [0.05, 0.1) is 11.9 Å². The molecule has 198 valence electrons. The zero-order valence-corrected chi connectivity index (χ0v) is 23.1. The van der Waals surface area contributed by atoms with Crippen LogP contribution in [0.25, 0.3) is 0 Å². The Balaban J connectivity index is 2.17. The van der Waals surface area contributed by atoms with E-state index in [-0.39, 0.29) is 50.7 Å². The third-order valence-electron chi connectivity index (χ3n) is 5.24. The molecule has 0 saturated carbocycles. The number of aromatic hydroxyl groups is 1. The molecule has 0 atom stereocenters. The first-order chi connectivity index (χ1) is 16.3. The van der Waals surface area contributed by atoms with Gasteiger partial charge in [-0.05, 0) is 35.4 Å². The topological polar surface area (TPSA) is 160 Å². The second kappa shape index (κ2) is 9.18. The maximum absolute atomic E-state index is 13.4. The largest absolute Gasteiger partial charge is 0.505 e. The number of sulfonamides is 2. The van der Waals surface area contributed by atoms with Gasteiger partial charge in [-0.3, -0.25) is 9.52 Å². The molecule has 0 amide bonds. The number of rotatable bonds is 6. The van der Waals surface area contributed by atoms with E-state index in [1.807, 2.05) is 41.5 Å². The molecule has 0 saturated heterocycles. The minimum atomic E-state index is -4.34. The fraction of sp³-hybridized carbons (Fsp3) is 0.522. The molecule has 0 aliphatic carbocycles. The lowest BCUT2D eigenvalue weighted by molar-refractivity contribution is 0.327. The van der Waals surface area contributed by atoms with Crippen molar-refractivity contribution >= 4 is 37.3 Å². The van der Waals surface area contributed by atoms with Crippen LogP contribution in [0, 0.1) is 10.8 Å². The van der Waals surface area contributed by atoms with E-state index in [9.17, 15) is 26.7 Å². The highest BCUT2D eigenvalue weighted by Gasteiger charge is 2.31. The number of hydrogen-bond donors (Lipinski definition) is 3. The summed E-state index contributed by atoms with van der Waals surface area (Å²) in [6.07, 6.45) is 1.90. The Morgan fingerprint density at radius 1 is 1.11 bits per heavy atom. The van der Waals surface area contributed by atoms with Crippen molar-refractivity contribution in [3.05, 3.63) is 39.8 Å². The van der Waals surface area contributed by atoms with Gasteiger partial charge in [0.15, 0.2) is 11.6 Å². The molecule has 1 aliphatic rings. The van der Waals surface area contributed by atoms with Gasteiger partial charge >= 0.3 is 0 Å². The highest BCUT2D eigenvalue weighted by atomic mass is 32.2.